The van der Waals surface area contributed by atoms with E-state index in [1.54, 1.807) is 0 Å². The first-order chi connectivity index (χ1) is 8.70. The summed E-state index contributed by atoms with van der Waals surface area (Å²) < 4.78 is 0. The zero-order valence-electron chi connectivity index (χ0n) is 9.40. The average molecular weight is 281 g/mol. The monoisotopic (exact) mass is 280 g/mol. The maximum atomic E-state index is 5.74. The summed E-state index contributed by atoms with van der Waals surface area (Å²) in [5.74, 6) is 0.429. The van der Waals surface area contributed by atoms with E-state index in [0.717, 1.165) is 12.8 Å². The summed E-state index contributed by atoms with van der Waals surface area (Å²) in [6, 6.07) is 8.67. The van der Waals surface area contributed by atoms with Crippen molar-refractivity contribution in [1.82, 2.24) is 15.0 Å². The van der Waals surface area contributed by atoms with E-state index in [0.29, 0.717) is 5.95 Å². The fraction of sp³-hybridized carbons (Fsp3) is 0.250. The van der Waals surface area contributed by atoms with E-state index in [1.807, 2.05) is 0 Å². The van der Waals surface area contributed by atoms with Gasteiger partial charge in [-0.05, 0) is 47.2 Å². The minimum absolute atomic E-state index is 0.105. The van der Waals surface area contributed by atoms with Gasteiger partial charge in [0.25, 0.3) is 0 Å². The number of rotatable bonds is 2. The van der Waals surface area contributed by atoms with Crippen molar-refractivity contribution in [3.63, 3.8) is 0 Å². The SMILES string of the molecule is Clc1nc(Cl)nc(NC2Cc3ccccc3C2)n1. The second-order valence-electron chi connectivity index (χ2n) is 4.22. The van der Waals surface area contributed by atoms with Gasteiger partial charge in [0.2, 0.25) is 16.5 Å². The van der Waals surface area contributed by atoms with E-state index in [2.05, 4.69) is 44.5 Å². The van der Waals surface area contributed by atoms with Crippen LogP contribution in [0.25, 0.3) is 0 Å². The van der Waals surface area contributed by atoms with E-state index < -0.39 is 0 Å². The summed E-state index contributed by atoms with van der Waals surface area (Å²) in [5, 5.41) is 3.45. The van der Waals surface area contributed by atoms with Crippen LogP contribution in [0.1, 0.15) is 11.1 Å². The molecule has 0 saturated heterocycles. The lowest BCUT2D eigenvalue weighted by atomic mass is 10.1. The van der Waals surface area contributed by atoms with Crippen LogP contribution in [0.2, 0.25) is 10.6 Å². The third-order valence-electron chi connectivity index (χ3n) is 2.97. The topological polar surface area (TPSA) is 50.7 Å². The predicted octanol–water partition coefficient (Wildman–Crippen LogP) is 2.76. The summed E-state index contributed by atoms with van der Waals surface area (Å²) in [4.78, 5) is 11.7. The molecule has 0 fully saturated rings. The van der Waals surface area contributed by atoms with Crippen molar-refractivity contribution in [1.29, 1.82) is 0 Å². The molecule has 0 amide bonds. The van der Waals surface area contributed by atoms with E-state index in [4.69, 9.17) is 23.2 Å². The Balaban J connectivity index is 1.76. The number of benzene rings is 1. The van der Waals surface area contributed by atoms with Crippen molar-refractivity contribution in [2.75, 3.05) is 5.32 Å². The first-order valence-electron chi connectivity index (χ1n) is 5.61. The van der Waals surface area contributed by atoms with Crippen LogP contribution in [-0.2, 0) is 12.8 Å². The van der Waals surface area contributed by atoms with E-state index in [9.17, 15) is 0 Å². The van der Waals surface area contributed by atoms with Crippen LogP contribution in [0.15, 0.2) is 24.3 Å². The molecule has 92 valence electrons. The van der Waals surface area contributed by atoms with Crippen LogP contribution >= 0.6 is 23.2 Å². The van der Waals surface area contributed by atoms with Crippen LogP contribution < -0.4 is 5.32 Å². The van der Waals surface area contributed by atoms with Gasteiger partial charge < -0.3 is 5.32 Å². The first kappa shape index (κ1) is 11.7. The highest BCUT2D eigenvalue weighted by atomic mass is 35.5. The van der Waals surface area contributed by atoms with Crippen molar-refractivity contribution in [2.45, 2.75) is 18.9 Å². The summed E-state index contributed by atoms with van der Waals surface area (Å²) in [6.07, 6.45) is 1.91. The number of hydrogen-bond donors (Lipinski definition) is 1. The fourth-order valence-electron chi connectivity index (χ4n) is 2.23. The van der Waals surface area contributed by atoms with Crippen LogP contribution in [0.4, 0.5) is 5.95 Å². The number of hydrogen-bond acceptors (Lipinski definition) is 4. The third kappa shape index (κ3) is 2.40. The fourth-order valence-corrected chi connectivity index (χ4v) is 2.60. The van der Waals surface area contributed by atoms with Gasteiger partial charge in [-0.1, -0.05) is 24.3 Å². The van der Waals surface area contributed by atoms with Gasteiger partial charge in [0.05, 0.1) is 0 Å². The normalized spacial score (nSPS) is 14.6. The molecule has 6 heteroatoms. The minimum Gasteiger partial charge on any atom is -0.351 e. The zero-order chi connectivity index (χ0) is 12.5. The Morgan fingerprint density at radius 3 is 2.06 bits per heavy atom. The number of fused-ring (bicyclic) bond motifs is 1. The van der Waals surface area contributed by atoms with Crippen molar-refractivity contribution < 1.29 is 0 Å². The Bertz CT molecular complexity index is 543. The van der Waals surface area contributed by atoms with Gasteiger partial charge in [0.15, 0.2) is 0 Å². The summed E-state index contributed by atoms with van der Waals surface area (Å²) >= 11 is 11.5. The van der Waals surface area contributed by atoms with E-state index >= 15 is 0 Å². The molecule has 1 aliphatic carbocycles. The van der Waals surface area contributed by atoms with Crippen LogP contribution in [0.3, 0.4) is 0 Å². The Morgan fingerprint density at radius 2 is 1.50 bits per heavy atom. The van der Waals surface area contributed by atoms with Gasteiger partial charge >= 0.3 is 0 Å². The second kappa shape index (κ2) is 4.71. The molecule has 0 radical (unpaired) electrons. The Morgan fingerprint density at radius 1 is 0.944 bits per heavy atom. The van der Waals surface area contributed by atoms with E-state index in [1.165, 1.54) is 11.1 Å². The lowest BCUT2D eigenvalue weighted by molar-refractivity contribution is 0.759. The van der Waals surface area contributed by atoms with Gasteiger partial charge in [-0.3, -0.25) is 0 Å². The van der Waals surface area contributed by atoms with Gasteiger partial charge in [0.1, 0.15) is 0 Å². The molecule has 0 unspecified atom stereocenters. The van der Waals surface area contributed by atoms with E-state index in [-0.39, 0.29) is 16.6 Å². The van der Waals surface area contributed by atoms with Gasteiger partial charge in [0, 0.05) is 6.04 Å². The number of halogens is 2. The molecule has 0 atom stereocenters. The minimum atomic E-state index is 0.105. The average Bonchev–Trinajstić information content (AvgIpc) is 2.69. The molecule has 0 aliphatic heterocycles. The Hall–Kier alpha value is -1.39. The van der Waals surface area contributed by atoms with Crippen molar-refractivity contribution >= 4 is 29.2 Å². The molecule has 18 heavy (non-hydrogen) atoms. The zero-order valence-corrected chi connectivity index (χ0v) is 10.9. The number of anilines is 1. The highest BCUT2D eigenvalue weighted by molar-refractivity contribution is 6.31. The molecule has 1 aliphatic rings. The van der Waals surface area contributed by atoms with Gasteiger partial charge in [-0.2, -0.15) is 15.0 Å². The highest BCUT2D eigenvalue weighted by Gasteiger charge is 2.21. The second-order valence-corrected chi connectivity index (χ2v) is 4.89. The van der Waals surface area contributed by atoms with Gasteiger partial charge in [-0.15, -0.1) is 0 Å². The molecular weight excluding hydrogens is 271 g/mol. The molecule has 1 N–H and O–H groups in total. The summed E-state index contributed by atoms with van der Waals surface area (Å²) in [5.41, 5.74) is 2.72. The maximum Gasteiger partial charge on any atom is 0.228 e. The smallest absolute Gasteiger partial charge is 0.228 e. The molecule has 0 bridgehead atoms. The molecule has 4 nitrogen and oxygen atoms in total. The molecule has 1 heterocycles. The lowest BCUT2D eigenvalue weighted by Gasteiger charge is -2.11. The number of aromatic nitrogens is 3. The Labute approximate surface area is 114 Å². The summed E-state index contributed by atoms with van der Waals surface area (Å²) in [6.45, 7) is 0. The quantitative estimate of drug-likeness (QED) is 0.919. The molecule has 0 saturated carbocycles. The first-order valence-corrected chi connectivity index (χ1v) is 6.37. The standard InChI is InChI=1S/C12H10Cl2N4/c13-10-16-11(14)18-12(17-10)15-9-5-7-3-1-2-4-8(7)6-9/h1-4,9H,5-6H2,(H,15,16,17,18). The van der Waals surface area contributed by atoms with Crippen molar-refractivity contribution in [3.05, 3.63) is 46.0 Å². The highest BCUT2D eigenvalue weighted by Crippen LogP contribution is 2.23. The molecular formula is C12H10Cl2N4. The van der Waals surface area contributed by atoms with Crippen LogP contribution in [0.5, 0.6) is 0 Å². The third-order valence-corrected chi connectivity index (χ3v) is 3.30. The molecule has 1 aromatic heterocycles. The van der Waals surface area contributed by atoms with Crippen LogP contribution in [0, 0.1) is 0 Å². The molecule has 3 rings (SSSR count). The molecule has 1 aromatic carbocycles. The lowest BCUT2D eigenvalue weighted by Crippen LogP contribution is -2.21. The molecule has 0 spiro atoms. The summed E-state index contributed by atoms with van der Waals surface area (Å²) in [7, 11) is 0. The Kier molecular flexibility index (Phi) is 3.06. The maximum absolute atomic E-state index is 5.74. The number of nitrogens with one attached hydrogen (secondary N) is 1. The largest absolute Gasteiger partial charge is 0.351 e. The molecule has 2 aromatic rings. The van der Waals surface area contributed by atoms with Crippen molar-refractivity contribution in [2.24, 2.45) is 0 Å². The van der Waals surface area contributed by atoms with Gasteiger partial charge in [-0.25, -0.2) is 0 Å². The van der Waals surface area contributed by atoms with Crippen LogP contribution in [-0.4, -0.2) is 21.0 Å². The number of nitrogens with zero attached hydrogens (tertiary/aromatic N) is 3. The predicted molar refractivity (Wildman–Crippen MR) is 71.1 cm³/mol. The van der Waals surface area contributed by atoms with Crippen molar-refractivity contribution in [3.8, 4) is 0 Å².